The second-order valence-corrected chi connectivity index (χ2v) is 13.5. The first kappa shape index (κ1) is 20.8. The fourth-order valence-electron chi connectivity index (χ4n) is 8.25. The van der Waals surface area contributed by atoms with Gasteiger partial charge in [0, 0.05) is 39.9 Å². The van der Waals surface area contributed by atoms with Gasteiger partial charge in [-0.3, -0.25) is 0 Å². The molecule has 5 rings (SSSR count). The molecule has 3 aliphatic carbocycles. The van der Waals surface area contributed by atoms with Crippen LogP contribution in [0.5, 0.6) is 0 Å². The summed E-state index contributed by atoms with van der Waals surface area (Å²) in [4.78, 5) is 0. The molecule has 2 heteroatoms. The number of hydrogen-bond acceptors (Lipinski definition) is 2. The predicted molar refractivity (Wildman–Crippen MR) is 127 cm³/mol. The maximum atomic E-state index is 3.88. The van der Waals surface area contributed by atoms with E-state index in [4.69, 9.17) is 0 Å². The van der Waals surface area contributed by atoms with Crippen LogP contribution in [0.3, 0.4) is 0 Å². The van der Waals surface area contributed by atoms with Gasteiger partial charge in [0.25, 0.3) is 0 Å². The van der Waals surface area contributed by atoms with Gasteiger partial charge in [0.1, 0.15) is 0 Å². The normalized spacial score (nSPS) is 39.7. The van der Waals surface area contributed by atoms with E-state index in [9.17, 15) is 0 Å². The van der Waals surface area contributed by atoms with Gasteiger partial charge in [-0.15, -0.1) is 0 Å². The lowest BCUT2D eigenvalue weighted by Crippen LogP contribution is -2.56. The highest BCUT2D eigenvalue weighted by molar-refractivity contribution is 5.51. The summed E-state index contributed by atoms with van der Waals surface area (Å²) < 4.78 is 0. The third kappa shape index (κ3) is 3.39. The lowest BCUT2D eigenvalue weighted by atomic mass is 9.73. The van der Waals surface area contributed by atoms with Crippen LogP contribution in [0.15, 0.2) is 46.6 Å². The van der Waals surface area contributed by atoms with Crippen LogP contribution in [0.1, 0.15) is 81.1 Å². The maximum Gasteiger partial charge on any atom is 0.0167 e. The highest BCUT2D eigenvalue weighted by Crippen LogP contribution is 2.61. The van der Waals surface area contributed by atoms with Gasteiger partial charge in [-0.05, 0) is 92.6 Å². The van der Waals surface area contributed by atoms with E-state index >= 15 is 0 Å². The predicted octanol–water partition coefficient (Wildman–Crippen LogP) is 6.08. The van der Waals surface area contributed by atoms with Crippen molar-refractivity contribution in [3.63, 3.8) is 0 Å². The quantitative estimate of drug-likeness (QED) is 0.476. The number of piperidine rings is 2. The summed E-state index contributed by atoms with van der Waals surface area (Å²) >= 11 is 0. The van der Waals surface area contributed by atoms with Gasteiger partial charge in [0.15, 0.2) is 0 Å². The van der Waals surface area contributed by atoms with Gasteiger partial charge in [0.05, 0.1) is 0 Å². The summed E-state index contributed by atoms with van der Waals surface area (Å²) in [5, 5.41) is 7.75. The zero-order chi connectivity index (χ0) is 21.7. The van der Waals surface area contributed by atoms with Crippen molar-refractivity contribution in [1.82, 2.24) is 10.6 Å². The minimum Gasteiger partial charge on any atom is -0.306 e. The third-order valence-electron chi connectivity index (χ3n) is 8.11. The van der Waals surface area contributed by atoms with E-state index in [1.807, 2.05) is 0 Å². The van der Waals surface area contributed by atoms with Crippen LogP contribution in [-0.4, -0.2) is 22.2 Å². The van der Waals surface area contributed by atoms with Crippen LogP contribution >= 0.6 is 0 Å². The largest absolute Gasteiger partial charge is 0.306 e. The zero-order valence-electron chi connectivity index (χ0n) is 20.4. The molecule has 0 unspecified atom stereocenters. The molecule has 2 heterocycles. The van der Waals surface area contributed by atoms with E-state index in [2.05, 4.69) is 90.3 Å². The molecule has 2 bridgehead atoms. The van der Waals surface area contributed by atoms with Gasteiger partial charge >= 0.3 is 0 Å². The fourth-order valence-corrected chi connectivity index (χ4v) is 8.25. The molecule has 2 nitrogen and oxygen atoms in total. The van der Waals surface area contributed by atoms with Gasteiger partial charge in [-0.1, -0.05) is 41.0 Å². The van der Waals surface area contributed by atoms with E-state index in [0.29, 0.717) is 23.7 Å². The SMILES string of the molecule is CC1(C)CC(=C2C=C[C@H]3[C@@H]2[C@@H]2C=C[C@@H]3C2=C2CC(C)(C)NC(C)(C)C2)CC(C)(C)N1. The van der Waals surface area contributed by atoms with Crippen molar-refractivity contribution in [3.05, 3.63) is 46.6 Å². The molecule has 0 amide bonds. The molecular weight excluding hydrogens is 364 g/mol. The Balaban J connectivity index is 1.54. The summed E-state index contributed by atoms with van der Waals surface area (Å²) in [6, 6.07) is 0. The van der Waals surface area contributed by atoms with Crippen molar-refractivity contribution in [2.24, 2.45) is 23.7 Å². The fraction of sp³-hybridized carbons (Fsp3) is 0.714. The number of fused-ring (bicyclic) bond motifs is 5. The highest BCUT2D eigenvalue weighted by atomic mass is 15.1. The topological polar surface area (TPSA) is 24.1 Å². The Morgan fingerprint density at radius 1 is 0.633 bits per heavy atom. The molecule has 2 aliphatic heterocycles. The molecule has 4 atom stereocenters. The first-order chi connectivity index (χ1) is 13.8. The summed E-state index contributed by atoms with van der Waals surface area (Å²) in [6.45, 7) is 19.0. The number of allylic oxidation sites excluding steroid dienone is 6. The summed E-state index contributed by atoms with van der Waals surface area (Å²) in [7, 11) is 0. The minimum atomic E-state index is 0.174. The Morgan fingerprint density at radius 2 is 1.10 bits per heavy atom. The molecular formula is C28H42N2. The number of rotatable bonds is 0. The maximum absolute atomic E-state index is 3.88. The first-order valence-corrected chi connectivity index (χ1v) is 12.1. The monoisotopic (exact) mass is 406 g/mol. The Morgan fingerprint density at radius 3 is 1.63 bits per heavy atom. The average molecular weight is 407 g/mol. The molecule has 0 aromatic heterocycles. The minimum absolute atomic E-state index is 0.174. The Labute approximate surface area is 184 Å². The van der Waals surface area contributed by atoms with Crippen molar-refractivity contribution in [2.45, 2.75) is 103 Å². The van der Waals surface area contributed by atoms with Gasteiger partial charge in [0.2, 0.25) is 0 Å². The molecule has 2 saturated heterocycles. The molecule has 3 fully saturated rings. The lowest BCUT2D eigenvalue weighted by molar-refractivity contribution is 0.219. The molecule has 0 aromatic carbocycles. The van der Waals surface area contributed by atoms with E-state index in [-0.39, 0.29) is 22.2 Å². The van der Waals surface area contributed by atoms with Crippen molar-refractivity contribution >= 4 is 0 Å². The number of hydrogen-bond donors (Lipinski definition) is 2. The van der Waals surface area contributed by atoms with Crippen LogP contribution in [-0.2, 0) is 0 Å². The highest BCUT2D eigenvalue weighted by Gasteiger charge is 2.53. The smallest absolute Gasteiger partial charge is 0.0167 e. The van der Waals surface area contributed by atoms with Crippen molar-refractivity contribution in [2.75, 3.05) is 0 Å². The molecule has 0 spiro atoms. The molecule has 30 heavy (non-hydrogen) atoms. The average Bonchev–Trinajstić information content (AvgIpc) is 3.19. The van der Waals surface area contributed by atoms with E-state index in [1.54, 1.807) is 22.3 Å². The second-order valence-electron chi connectivity index (χ2n) is 13.5. The molecule has 164 valence electrons. The van der Waals surface area contributed by atoms with Crippen LogP contribution < -0.4 is 10.6 Å². The van der Waals surface area contributed by atoms with Gasteiger partial charge in [-0.25, -0.2) is 0 Å². The summed E-state index contributed by atoms with van der Waals surface area (Å²) in [6.07, 6.45) is 14.9. The van der Waals surface area contributed by atoms with Crippen LogP contribution in [0.4, 0.5) is 0 Å². The van der Waals surface area contributed by atoms with Crippen molar-refractivity contribution in [1.29, 1.82) is 0 Å². The zero-order valence-corrected chi connectivity index (χ0v) is 20.4. The summed E-state index contributed by atoms with van der Waals surface area (Å²) in [5.41, 5.74) is 7.66. The Bertz CT molecular complexity index is 854. The molecule has 5 aliphatic rings. The van der Waals surface area contributed by atoms with E-state index in [0.717, 1.165) is 0 Å². The standard InChI is InChI=1S/C28H42N2/c1-25(2)13-17(14-26(3,4)29-25)19-9-10-21-20-11-12-22(24(19)21)23(20)18-15-27(5,6)30-28(7,8)16-18/h9-12,20-22,24,29-30H,13-16H2,1-8H3/t20-,21+,22+,24+/m0/s1. The molecule has 0 aromatic rings. The first-order valence-electron chi connectivity index (χ1n) is 12.1. The van der Waals surface area contributed by atoms with E-state index < -0.39 is 0 Å². The Hall–Kier alpha value is -1.12. The molecule has 1 saturated carbocycles. The summed E-state index contributed by atoms with van der Waals surface area (Å²) in [5.74, 6) is 2.63. The second kappa shape index (κ2) is 6.23. The lowest BCUT2D eigenvalue weighted by Gasteiger charge is -2.45. The number of nitrogens with one attached hydrogen (secondary N) is 2. The van der Waals surface area contributed by atoms with Gasteiger partial charge < -0.3 is 10.6 Å². The van der Waals surface area contributed by atoms with E-state index in [1.165, 1.54) is 25.7 Å². The third-order valence-corrected chi connectivity index (χ3v) is 8.11. The van der Waals surface area contributed by atoms with Crippen molar-refractivity contribution in [3.8, 4) is 0 Å². The van der Waals surface area contributed by atoms with Crippen molar-refractivity contribution < 1.29 is 0 Å². The molecule has 0 radical (unpaired) electrons. The van der Waals surface area contributed by atoms with Gasteiger partial charge in [-0.2, -0.15) is 0 Å². The molecule has 2 N–H and O–H groups in total. The van der Waals surface area contributed by atoms with Crippen LogP contribution in [0, 0.1) is 23.7 Å². The van der Waals surface area contributed by atoms with Crippen LogP contribution in [0.25, 0.3) is 0 Å². The van der Waals surface area contributed by atoms with Crippen LogP contribution in [0.2, 0.25) is 0 Å². The Kier molecular flexibility index (Phi) is 4.31.